The Balaban J connectivity index is 1.60. The number of methoxy groups -OCH3 is 1. The molecule has 1 aromatic heterocycles. The Hall–Kier alpha value is -2.38. The molecule has 0 amide bonds. The quantitative estimate of drug-likeness (QED) is 0.652. The fourth-order valence-electron chi connectivity index (χ4n) is 3.16. The number of rotatable bonds is 5. The number of guanidine groups is 1. The molecule has 26 heavy (non-hydrogen) atoms. The van der Waals surface area contributed by atoms with Gasteiger partial charge in [0.05, 0.1) is 26.0 Å². The summed E-state index contributed by atoms with van der Waals surface area (Å²) >= 11 is 0. The average molecular weight is 357 g/mol. The maximum absolute atomic E-state index is 5.92. The SMILES string of the molecule is CN=C(NCc1cccc(COC)c1)N1CCOC(c2cnn(C)c2)C1. The third-order valence-corrected chi connectivity index (χ3v) is 4.43. The van der Waals surface area contributed by atoms with E-state index in [2.05, 4.69) is 44.6 Å². The summed E-state index contributed by atoms with van der Waals surface area (Å²) in [5.74, 6) is 0.888. The highest BCUT2D eigenvalue weighted by Crippen LogP contribution is 2.21. The molecule has 0 bridgehead atoms. The molecule has 0 spiro atoms. The first-order chi connectivity index (χ1) is 12.7. The molecule has 1 atom stereocenters. The van der Waals surface area contributed by atoms with Crippen LogP contribution < -0.4 is 5.32 Å². The van der Waals surface area contributed by atoms with E-state index in [1.807, 2.05) is 26.5 Å². The van der Waals surface area contributed by atoms with Crippen molar-refractivity contribution in [2.75, 3.05) is 33.9 Å². The van der Waals surface area contributed by atoms with Crippen molar-refractivity contribution < 1.29 is 9.47 Å². The lowest BCUT2D eigenvalue weighted by molar-refractivity contribution is -0.00805. The van der Waals surface area contributed by atoms with E-state index in [4.69, 9.17) is 9.47 Å². The van der Waals surface area contributed by atoms with Gasteiger partial charge >= 0.3 is 0 Å². The molecule has 1 aliphatic rings. The van der Waals surface area contributed by atoms with Crippen LogP contribution in [0, 0.1) is 0 Å². The third kappa shape index (κ3) is 4.62. The maximum Gasteiger partial charge on any atom is 0.194 e. The molecule has 7 nitrogen and oxygen atoms in total. The van der Waals surface area contributed by atoms with Crippen LogP contribution >= 0.6 is 0 Å². The molecule has 0 aliphatic carbocycles. The summed E-state index contributed by atoms with van der Waals surface area (Å²) in [4.78, 5) is 6.69. The average Bonchev–Trinajstić information content (AvgIpc) is 3.10. The molecule has 0 saturated carbocycles. The molecule has 1 aliphatic heterocycles. The Bertz CT molecular complexity index is 743. The second-order valence-corrected chi connectivity index (χ2v) is 6.41. The van der Waals surface area contributed by atoms with Crippen molar-refractivity contribution in [3.05, 3.63) is 53.3 Å². The van der Waals surface area contributed by atoms with E-state index in [0.29, 0.717) is 13.2 Å². The Kier molecular flexibility index (Phi) is 6.25. The van der Waals surface area contributed by atoms with Gasteiger partial charge in [0.1, 0.15) is 6.10 Å². The van der Waals surface area contributed by atoms with Gasteiger partial charge in [0.25, 0.3) is 0 Å². The molecule has 140 valence electrons. The molecule has 2 heterocycles. The standard InChI is InChI=1S/C19H27N5O2/c1-20-19(21-10-15-5-4-6-16(9-15)14-25-3)24-7-8-26-18(13-24)17-11-22-23(2)12-17/h4-6,9,11-12,18H,7-8,10,13-14H2,1-3H3,(H,20,21). The van der Waals surface area contributed by atoms with Crippen molar-refractivity contribution in [2.24, 2.45) is 12.0 Å². The molecule has 7 heteroatoms. The molecule has 1 saturated heterocycles. The first kappa shape index (κ1) is 18.4. The lowest BCUT2D eigenvalue weighted by Crippen LogP contribution is -2.47. The van der Waals surface area contributed by atoms with Crippen LogP contribution in [0.5, 0.6) is 0 Å². The molecule has 1 unspecified atom stereocenters. The van der Waals surface area contributed by atoms with Crippen molar-refractivity contribution >= 4 is 5.96 Å². The van der Waals surface area contributed by atoms with E-state index in [9.17, 15) is 0 Å². The molecular weight excluding hydrogens is 330 g/mol. The number of aliphatic imine (C=N–C) groups is 1. The summed E-state index contributed by atoms with van der Waals surface area (Å²) < 4.78 is 12.9. The monoisotopic (exact) mass is 357 g/mol. The van der Waals surface area contributed by atoms with E-state index < -0.39 is 0 Å². The number of ether oxygens (including phenoxy) is 2. The summed E-state index contributed by atoms with van der Waals surface area (Å²) in [6, 6.07) is 8.39. The number of nitrogens with one attached hydrogen (secondary N) is 1. The zero-order valence-electron chi connectivity index (χ0n) is 15.7. The number of morpholine rings is 1. The summed E-state index contributed by atoms with van der Waals surface area (Å²) in [5, 5.41) is 7.70. The second kappa shape index (κ2) is 8.82. The minimum Gasteiger partial charge on any atom is -0.380 e. The van der Waals surface area contributed by atoms with Crippen molar-refractivity contribution in [3.63, 3.8) is 0 Å². The van der Waals surface area contributed by atoms with E-state index >= 15 is 0 Å². The van der Waals surface area contributed by atoms with Gasteiger partial charge in [0.15, 0.2) is 5.96 Å². The van der Waals surface area contributed by atoms with E-state index in [-0.39, 0.29) is 6.10 Å². The number of hydrogen-bond acceptors (Lipinski definition) is 4. The number of aromatic nitrogens is 2. The van der Waals surface area contributed by atoms with Crippen LogP contribution in [-0.4, -0.2) is 54.5 Å². The van der Waals surface area contributed by atoms with Crippen LogP contribution in [0.1, 0.15) is 22.8 Å². The molecule has 1 aromatic carbocycles. The van der Waals surface area contributed by atoms with Crippen molar-refractivity contribution in [1.82, 2.24) is 20.0 Å². The number of hydrogen-bond donors (Lipinski definition) is 1. The van der Waals surface area contributed by atoms with Crippen LogP contribution in [0.2, 0.25) is 0 Å². The fourth-order valence-corrected chi connectivity index (χ4v) is 3.16. The minimum absolute atomic E-state index is 0.0148. The largest absolute Gasteiger partial charge is 0.380 e. The van der Waals surface area contributed by atoms with E-state index in [0.717, 1.165) is 31.2 Å². The molecule has 3 rings (SSSR count). The topological polar surface area (TPSA) is 63.9 Å². The van der Waals surface area contributed by atoms with Crippen molar-refractivity contribution in [1.29, 1.82) is 0 Å². The summed E-state index contributed by atoms with van der Waals surface area (Å²) in [7, 11) is 5.45. The number of aryl methyl sites for hydroxylation is 1. The summed E-state index contributed by atoms with van der Waals surface area (Å²) in [6.07, 6.45) is 3.89. The third-order valence-electron chi connectivity index (χ3n) is 4.43. The first-order valence-electron chi connectivity index (χ1n) is 8.82. The second-order valence-electron chi connectivity index (χ2n) is 6.41. The smallest absolute Gasteiger partial charge is 0.194 e. The van der Waals surface area contributed by atoms with E-state index in [1.54, 1.807) is 11.8 Å². The lowest BCUT2D eigenvalue weighted by atomic mass is 10.1. The van der Waals surface area contributed by atoms with Crippen LogP contribution in [0.4, 0.5) is 0 Å². The Morgan fingerprint density at radius 3 is 3.00 bits per heavy atom. The van der Waals surface area contributed by atoms with Gasteiger partial charge in [-0.2, -0.15) is 5.10 Å². The Morgan fingerprint density at radius 1 is 1.42 bits per heavy atom. The lowest BCUT2D eigenvalue weighted by Gasteiger charge is -2.34. The predicted octanol–water partition coefficient (Wildman–Crippen LogP) is 1.72. The van der Waals surface area contributed by atoms with Crippen LogP contribution in [0.15, 0.2) is 41.7 Å². The number of nitrogens with zero attached hydrogens (tertiary/aromatic N) is 4. The zero-order valence-corrected chi connectivity index (χ0v) is 15.7. The van der Waals surface area contributed by atoms with Crippen molar-refractivity contribution in [3.8, 4) is 0 Å². The van der Waals surface area contributed by atoms with Crippen LogP contribution in [-0.2, 0) is 29.7 Å². The van der Waals surface area contributed by atoms with Crippen LogP contribution in [0.25, 0.3) is 0 Å². The van der Waals surface area contributed by atoms with Gasteiger partial charge in [-0.15, -0.1) is 0 Å². The molecule has 1 N–H and O–H groups in total. The molecular formula is C19H27N5O2. The Morgan fingerprint density at radius 2 is 2.27 bits per heavy atom. The molecule has 2 aromatic rings. The Labute approximate surface area is 154 Å². The predicted molar refractivity (Wildman–Crippen MR) is 101 cm³/mol. The van der Waals surface area contributed by atoms with Gasteiger partial charge in [-0.25, -0.2) is 0 Å². The first-order valence-corrected chi connectivity index (χ1v) is 8.82. The van der Waals surface area contributed by atoms with Gasteiger partial charge in [-0.3, -0.25) is 9.67 Å². The van der Waals surface area contributed by atoms with Gasteiger partial charge in [0.2, 0.25) is 0 Å². The highest BCUT2D eigenvalue weighted by Gasteiger charge is 2.25. The minimum atomic E-state index is 0.0148. The number of benzene rings is 1. The van der Waals surface area contributed by atoms with E-state index in [1.165, 1.54) is 11.1 Å². The molecule has 1 fully saturated rings. The van der Waals surface area contributed by atoms with Crippen LogP contribution in [0.3, 0.4) is 0 Å². The van der Waals surface area contributed by atoms with Gasteiger partial charge < -0.3 is 19.7 Å². The summed E-state index contributed by atoms with van der Waals surface area (Å²) in [5.41, 5.74) is 3.47. The van der Waals surface area contributed by atoms with Gasteiger partial charge in [0, 0.05) is 46.1 Å². The highest BCUT2D eigenvalue weighted by atomic mass is 16.5. The zero-order chi connectivity index (χ0) is 18.4. The highest BCUT2D eigenvalue weighted by molar-refractivity contribution is 5.80. The maximum atomic E-state index is 5.92. The van der Waals surface area contributed by atoms with Gasteiger partial charge in [-0.1, -0.05) is 24.3 Å². The van der Waals surface area contributed by atoms with Crippen molar-refractivity contribution in [2.45, 2.75) is 19.3 Å². The fraction of sp³-hybridized carbons (Fsp3) is 0.474. The van der Waals surface area contributed by atoms with Gasteiger partial charge in [-0.05, 0) is 11.1 Å². The normalized spacial score (nSPS) is 18.2. The molecule has 0 radical (unpaired) electrons. The summed E-state index contributed by atoms with van der Waals surface area (Å²) in [6.45, 7) is 3.59.